The van der Waals surface area contributed by atoms with Gasteiger partial charge >= 0.3 is 6.55 Å². The SMILES string of the molecule is CCCCn1c(=O)c2ccccc2n2c(SCc3nccn3C(F)F)nnc12. The number of nitrogens with zero attached hydrogens (tertiary/aromatic N) is 6. The number of unbranched alkanes of at least 4 members (excludes halogenated alkanes) is 1. The Kier molecular flexibility index (Phi) is 5.12. The molecule has 0 saturated heterocycles. The van der Waals surface area contributed by atoms with Crippen LogP contribution in [0, 0.1) is 0 Å². The van der Waals surface area contributed by atoms with E-state index in [2.05, 4.69) is 22.1 Å². The van der Waals surface area contributed by atoms with Crippen molar-refractivity contribution in [2.75, 3.05) is 0 Å². The van der Waals surface area contributed by atoms with Crippen molar-refractivity contribution in [2.45, 2.75) is 43.8 Å². The largest absolute Gasteiger partial charge is 0.319 e. The fourth-order valence-electron chi connectivity index (χ4n) is 3.11. The first-order valence-electron chi connectivity index (χ1n) is 8.91. The number of halogens is 2. The first kappa shape index (κ1) is 18.6. The molecule has 0 fully saturated rings. The third kappa shape index (κ3) is 3.17. The summed E-state index contributed by atoms with van der Waals surface area (Å²) in [6.45, 7) is -0.0461. The number of imidazole rings is 1. The summed E-state index contributed by atoms with van der Waals surface area (Å²) in [6.07, 6.45) is 4.38. The quantitative estimate of drug-likeness (QED) is 0.439. The number of aryl methyl sites for hydroxylation is 1. The topological polar surface area (TPSA) is 70.0 Å². The lowest BCUT2D eigenvalue weighted by molar-refractivity contribution is 0.0678. The maximum Gasteiger partial charge on any atom is 0.319 e. The zero-order valence-electron chi connectivity index (χ0n) is 15.1. The molecule has 0 radical (unpaired) electrons. The predicted molar refractivity (Wildman–Crippen MR) is 103 cm³/mol. The molecule has 0 aliphatic carbocycles. The molecule has 0 N–H and O–H groups in total. The minimum Gasteiger partial charge on any atom is -0.277 e. The summed E-state index contributed by atoms with van der Waals surface area (Å²) in [6, 6.07) is 7.27. The van der Waals surface area contributed by atoms with Gasteiger partial charge in [0.25, 0.3) is 5.56 Å². The molecule has 3 aromatic heterocycles. The van der Waals surface area contributed by atoms with E-state index in [-0.39, 0.29) is 17.1 Å². The molecule has 0 atom stereocenters. The maximum absolute atomic E-state index is 13.0. The summed E-state index contributed by atoms with van der Waals surface area (Å²) in [5.74, 6) is 0.915. The van der Waals surface area contributed by atoms with Crippen molar-refractivity contribution < 1.29 is 8.78 Å². The van der Waals surface area contributed by atoms with E-state index in [0.29, 0.717) is 28.4 Å². The molecular formula is C18H18F2N6OS. The predicted octanol–water partition coefficient (Wildman–Crippen LogP) is 3.73. The molecular weight excluding hydrogens is 386 g/mol. The van der Waals surface area contributed by atoms with Gasteiger partial charge in [-0.3, -0.25) is 18.3 Å². The normalized spacial score (nSPS) is 11.9. The molecule has 0 spiro atoms. The summed E-state index contributed by atoms with van der Waals surface area (Å²) in [7, 11) is 0. The first-order valence-corrected chi connectivity index (χ1v) is 9.89. The van der Waals surface area contributed by atoms with Crippen molar-refractivity contribution in [3.8, 4) is 0 Å². The minimum absolute atomic E-state index is 0.103. The third-order valence-electron chi connectivity index (χ3n) is 4.50. The number of fused-ring (bicyclic) bond motifs is 3. The molecule has 0 aliphatic rings. The fourth-order valence-corrected chi connectivity index (χ4v) is 4.00. The molecule has 146 valence electrons. The first-order chi connectivity index (χ1) is 13.6. The van der Waals surface area contributed by atoms with E-state index >= 15 is 0 Å². The van der Waals surface area contributed by atoms with Gasteiger partial charge in [0.15, 0.2) is 5.16 Å². The molecule has 3 heterocycles. The number of hydrogen-bond donors (Lipinski definition) is 0. The van der Waals surface area contributed by atoms with E-state index in [9.17, 15) is 13.6 Å². The second-order valence-corrected chi connectivity index (χ2v) is 7.21. The fraction of sp³-hybridized carbons (Fsp3) is 0.333. The monoisotopic (exact) mass is 404 g/mol. The zero-order chi connectivity index (χ0) is 19.7. The highest BCUT2D eigenvalue weighted by Crippen LogP contribution is 2.25. The van der Waals surface area contributed by atoms with Gasteiger partial charge in [-0.15, -0.1) is 10.2 Å². The highest BCUT2D eigenvalue weighted by Gasteiger charge is 2.18. The average molecular weight is 404 g/mol. The minimum atomic E-state index is -2.65. The molecule has 4 aromatic rings. The van der Waals surface area contributed by atoms with Crippen LogP contribution in [0.15, 0.2) is 46.6 Å². The molecule has 0 saturated carbocycles. The Morgan fingerprint density at radius 3 is 2.82 bits per heavy atom. The number of rotatable bonds is 7. The lowest BCUT2D eigenvalue weighted by Gasteiger charge is -2.11. The lowest BCUT2D eigenvalue weighted by atomic mass is 10.2. The molecule has 0 bridgehead atoms. The molecule has 10 heteroatoms. The van der Waals surface area contributed by atoms with Gasteiger partial charge in [-0.05, 0) is 18.6 Å². The van der Waals surface area contributed by atoms with Crippen LogP contribution >= 0.6 is 11.8 Å². The Balaban J connectivity index is 1.81. The summed E-state index contributed by atoms with van der Waals surface area (Å²) < 4.78 is 30.4. The molecule has 1 aromatic carbocycles. The summed E-state index contributed by atoms with van der Waals surface area (Å²) in [4.78, 5) is 16.9. The Labute approximate surface area is 163 Å². The van der Waals surface area contributed by atoms with Crippen LogP contribution in [0.25, 0.3) is 16.7 Å². The van der Waals surface area contributed by atoms with E-state index < -0.39 is 6.55 Å². The number of benzene rings is 1. The van der Waals surface area contributed by atoms with Gasteiger partial charge in [-0.1, -0.05) is 37.2 Å². The van der Waals surface area contributed by atoms with Crippen LogP contribution in [0.5, 0.6) is 0 Å². The van der Waals surface area contributed by atoms with Crippen molar-refractivity contribution in [3.63, 3.8) is 0 Å². The van der Waals surface area contributed by atoms with Gasteiger partial charge in [0.05, 0.1) is 16.7 Å². The molecule has 7 nitrogen and oxygen atoms in total. The van der Waals surface area contributed by atoms with Crippen LogP contribution in [-0.4, -0.2) is 28.7 Å². The highest BCUT2D eigenvalue weighted by atomic mass is 32.2. The van der Waals surface area contributed by atoms with Gasteiger partial charge in [0, 0.05) is 18.9 Å². The third-order valence-corrected chi connectivity index (χ3v) is 5.43. The Morgan fingerprint density at radius 2 is 2.04 bits per heavy atom. The zero-order valence-corrected chi connectivity index (χ0v) is 15.9. The van der Waals surface area contributed by atoms with E-state index in [1.165, 1.54) is 24.2 Å². The number of thioether (sulfide) groups is 1. The van der Waals surface area contributed by atoms with Crippen LogP contribution in [0.1, 0.15) is 32.1 Å². The highest BCUT2D eigenvalue weighted by molar-refractivity contribution is 7.98. The van der Waals surface area contributed by atoms with Crippen molar-refractivity contribution in [2.24, 2.45) is 0 Å². The average Bonchev–Trinajstić information content (AvgIpc) is 3.33. The van der Waals surface area contributed by atoms with Gasteiger partial charge < -0.3 is 0 Å². The lowest BCUT2D eigenvalue weighted by Crippen LogP contribution is -2.23. The van der Waals surface area contributed by atoms with E-state index in [1.807, 2.05) is 22.6 Å². The summed E-state index contributed by atoms with van der Waals surface area (Å²) in [5.41, 5.74) is 0.591. The van der Waals surface area contributed by atoms with Crippen molar-refractivity contribution in [1.29, 1.82) is 0 Å². The second-order valence-electron chi connectivity index (χ2n) is 6.26. The number of alkyl halides is 2. The maximum atomic E-state index is 13.0. The van der Waals surface area contributed by atoms with Crippen LogP contribution in [0.4, 0.5) is 8.78 Å². The summed E-state index contributed by atoms with van der Waals surface area (Å²) >= 11 is 1.26. The Morgan fingerprint density at radius 1 is 1.21 bits per heavy atom. The molecule has 0 unspecified atom stereocenters. The van der Waals surface area contributed by atoms with Crippen LogP contribution < -0.4 is 5.56 Å². The van der Waals surface area contributed by atoms with Crippen molar-refractivity contribution in [1.82, 2.24) is 28.7 Å². The summed E-state index contributed by atoms with van der Waals surface area (Å²) in [5, 5.41) is 9.54. The number of hydrogen-bond acceptors (Lipinski definition) is 5. The van der Waals surface area contributed by atoms with E-state index in [0.717, 1.165) is 17.4 Å². The van der Waals surface area contributed by atoms with Crippen molar-refractivity contribution >= 4 is 28.4 Å². The molecule has 4 rings (SSSR count). The second kappa shape index (κ2) is 7.70. The van der Waals surface area contributed by atoms with E-state index in [4.69, 9.17) is 0 Å². The van der Waals surface area contributed by atoms with Crippen LogP contribution in [0.2, 0.25) is 0 Å². The smallest absolute Gasteiger partial charge is 0.277 e. The van der Waals surface area contributed by atoms with Crippen LogP contribution in [-0.2, 0) is 12.3 Å². The van der Waals surface area contributed by atoms with Crippen molar-refractivity contribution in [3.05, 3.63) is 52.8 Å². The van der Waals surface area contributed by atoms with Gasteiger partial charge in [-0.25, -0.2) is 4.98 Å². The Bertz CT molecular complexity index is 1180. The standard InChI is InChI=1S/C18H18F2N6OS/c1-2-3-9-25-15(27)12-6-4-5-7-13(12)26-17(25)22-23-18(26)28-11-14-21-8-10-24(14)16(19)20/h4-8,10,16H,2-3,9,11H2,1H3. The molecule has 28 heavy (non-hydrogen) atoms. The molecule has 0 aliphatic heterocycles. The number of para-hydroxylation sites is 1. The molecule has 0 amide bonds. The van der Waals surface area contributed by atoms with Crippen LogP contribution in [0.3, 0.4) is 0 Å². The number of aromatic nitrogens is 6. The van der Waals surface area contributed by atoms with Gasteiger partial charge in [0.1, 0.15) is 5.82 Å². The van der Waals surface area contributed by atoms with Gasteiger partial charge in [0.2, 0.25) is 5.78 Å². The van der Waals surface area contributed by atoms with E-state index in [1.54, 1.807) is 10.6 Å². The van der Waals surface area contributed by atoms with Gasteiger partial charge in [-0.2, -0.15) is 8.78 Å². The Hall–Kier alpha value is -2.75.